The molecule has 0 aromatic heterocycles. The zero-order valence-electron chi connectivity index (χ0n) is 30.7. The molecule has 0 radical (unpaired) electrons. The molecule has 2 N–H and O–H groups in total. The number of fused-ring (bicyclic) bond motifs is 2. The third kappa shape index (κ3) is 7.43. The number of halogens is 1. The van der Waals surface area contributed by atoms with Crippen LogP contribution in [0.1, 0.15) is 106 Å². The molecular formula is C42H43ClN6O6. The molecule has 3 aromatic carbocycles. The summed E-state index contributed by atoms with van der Waals surface area (Å²) in [6.45, 7) is 6.39. The Kier molecular flexibility index (Phi) is 9.86. The van der Waals surface area contributed by atoms with Gasteiger partial charge >= 0.3 is 0 Å². The molecule has 3 aromatic rings. The fourth-order valence-electron chi connectivity index (χ4n) is 8.82. The molecule has 13 heteroatoms. The van der Waals surface area contributed by atoms with Crippen LogP contribution in [0.5, 0.6) is 5.75 Å². The van der Waals surface area contributed by atoms with Gasteiger partial charge in [0.05, 0.1) is 27.8 Å². The molecular weight excluding hydrogens is 720 g/mol. The number of benzene rings is 3. The van der Waals surface area contributed by atoms with Gasteiger partial charge in [-0.3, -0.25) is 39.1 Å². The van der Waals surface area contributed by atoms with Gasteiger partial charge in [0.1, 0.15) is 17.9 Å². The fraction of sp³-hybridized carbons (Fsp3) is 0.429. The van der Waals surface area contributed by atoms with Crippen LogP contribution in [0.25, 0.3) is 0 Å². The second kappa shape index (κ2) is 14.8. The van der Waals surface area contributed by atoms with E-state index in [0.29, 0.717) is 46.1 Å². The number of nitrogens with one attached hydrogen (secondary N) is 2. The van der Waals surface area contributed by atoms with Gasteiger partial charge in [0.25, 0.3) is 17.7 Å². The van der Waals surface area contributed by atoms with E-state index >= 15 is 0 Å². The summed E-state index contributed by atoms with van der Waals surface area (Å²) >= 11 is 6.15. The highest BCUT2D eigenvalue weighted by Gasteiger charge is 2.45. The molecule has 1 atom stereocenters. The van der Waals surface area contributed by atoms with Crippen LogP contribution in [0.3, 0.4) is 0 Å². The van der Waals surface area contributed by atoms with Gasteiger partial charge < -0.3 is 15.0 Å². The average molecular weight is 763 g/mol. The summed E-state index contributed by atoms with van der Waals surface area (Å²) in [7, 11) is 0. The van der Waals surface area contributed by atoms with E-state index in [0.717, 1.165) is 79.9 Å². The van der Waals surface area contributed by atoms with E-state index in [9.17, 15) is 24.0 Å². The zero-order chi connectivity index (χ0) is 38.4. The second-order valence-corrected chi connectivity index (χ2v) is 16.3. The van der Waals surface area contributed by atoms with Crippen molar-refractivity contribution in [3.8, 4) is 11.8 Å². The van der Waals surface area contributed by atoms with Gasteiger partial charge in [0, 0.05) is 62.5 Å². The fourth-order valence-corrected chi connectivity index (χ4v) is 9.04. The lowest BCUT2D eigenvalue weighted by Crippen LogP contribution is -2.54. The van der Waals surface area contributed by atoms with Crippen LogP contribution in [0.4, 0.5) is 5.69 Å². The van der Waals surface area contributed by atoms with Crippen LogP contribution < -0.4 is 20.3 Å². The molecule has 5 amide bonds. The number of amides is 5. The van der Waals surface area contributed by atoms with Crippen molar-refractivity contribution in [1.82, 2.24) is 20.4 Å². The Morgan fingerprint density at radius 3 is 2.18 bits per heavy atom. The highest BCUT2D eigenvalue weighted by molar-refractivity contribution is 6.31. The third-order valence-corrected chi connectivity index (χ3v) is 12.3. The summed E-state index contributed by atoms with van der Waals surface area (Å²) in [6, 6.07) is 17.8. The first-order valence-corrected chi connectivity index (χ1v) is 19.5. The Bertz CT molecular complexity index is 2070. The van der Waals surface area contributed by atoms with Gasteiger partial charge in [-0.25, -0.2) is 0 Å². The summed E-state index contributed by atoms with van der Waals surface area (Å²) in [5.41, 5.74) is 4.98. The van der Waals surface area contributed by atoms with E-state index in [2.05, 4.69) is 33.4 Å². The summed E-state index contributed by atoms with van der Waals surface area (Å²) < 4.78 is 6.10. The van der Waals surface area contributed by atoms with Crippen LogP contribution in [0.2, 0.25) is 5.02 Å². The standard InChI is InChI=1S/C42H43ClN6O6/c1-42(24-47-22-27-18-33-34(19-28(27)23-47)41(54)49(40(33)53)36-12-13-37(50)46-39(36)52)14-16-48(17-15-42)30-7-2-25(3-8-30)38(51)45-29-5-10-31(11-6-29)55-32-9-4-26(21-44)35(43)20-32/h2-4,7-9,18-20,29,31,36H,5-6,10-17,22-24H2,1H3,(H,45,51)(H,46,50,52). The predicted octanol–water partition coefficient (Wildman–Crippen LogP) is 5.36. The molecule has 2 saturated heterocycles. The van der Waals surface area contributed by atoms with Crippen LogP contribution in [0, 0.1) is 16.7 Å². The molecule has 1 saturated carbocycles. The first kappa shape index (κ1) is 36.7. The first-order valence-electron chi connectivity index (χ1n) is 19.1. The monoisotopic (exact) mass is 762 g/mol. The van der Waals surface area contributed by atoms with Gasteiger partial charge in [-0.1, -0.05) is 18.5 Å². The minimum Gasteiger partial charge on any atom is -0.490 e. The van der Waals surface area contributed by atoms with E-state index in [4.69, 9.17) is 21.6 Å². The molecule has 5 aliphatic rings. The van der Waals surface area contributed by atoms with Gasteiger partial charge in [0.15, 0.2) is 0 Å². The Hall–Kier alpha value is -5.25. The van der Waals surface area contributed by atoms with Crippen molar-refractivity contribution in [2.75, 3.05) is 24.5 Å². The Balaban J connectivity index is 0.797. The number of piperidine rings is 2. The largest absolute Gasteiger partial charge is 0.490 e. The lowest BCUT2D eigenvalue weighted by molar-refractivity contribution is -0.136. The maximum absolute atomic E-state index is 13.3. The highest BCUT2D eigenvalue weighted by Crippen LogP contribution is 2.38. The van der Waals surface area contributed by atoms with Gasteiger partial charge in [-0.15, -0.1) is 0 Å². The molecule has 3 fully saturated rings. The van der Waals surface area contributed by atoms with Crippen LogP contribution in [-0.2, 0) is 22.7 Å². The smallest absolute Gasteiger partial charge is 0.262 e. The number of hydrogen-bond donors (Lipinski definition) is 2. The summed E-state index contributed by atoms with van der Waals surface area (Å²) in [5.74, 6) is -1.35. The molecule has 0 bridgehead atoms. The van der Waals surface area contributed by atoms with Gasteiger partial charge in [-0.2, -0.15) is 5.26 Å². The van der Waals surface area contributed by atoms with Crippen LogP contribution >= 0.6 is 11.6 Å². The lowest BCUT2D eigenvalue weighted by Gasteiger charge is -2.42. The minimum atomic E-state index is -0.966. The van der Waals surface area contributed by atoms with E-state index in [1.807, 2.05) is 36.4 Å². The molecule has 12 nitrogen and oxygen atoms in total. The number of anilines is 1. The quantitative estimate of drug-likeness (QED) is 0.289. The van der Waals surface area contributed by atoms with E-state index in [1.165, 1.54) is 0 Å². The van der Waals surface area contributed by atoms with Crippen molar-refractivity contribution in [2.45, 2.75) is 89.6 Å². The number of nitriles is 1. The molecule has 284 valence electrons. The summed E-state index contributed by atoms with van der Waals surface area (Å²) in [6.07, 6.45) is 5.55. The number of ether oxygens (including phenoxy) is 1. The van der Waals surface area contributed by atoms with Crippen molar-refractivity contribution < 1.29 is 28.7 Å². The van der Waals surface area contributed by atoms with Crippen molar-refractivity contribution in [2.24, 2.45) is 5.41 Å². The van der Waals surface area contributed by atoms with Crippen molar-refractivity contribution >= 4 is 46.8 Å². The number of carbonyl (C=O) groups is 5. The van der Waals surface area contributed by atoms with E-state index in [-0.39, 0.29) is 42.2 Å². The van der Waals surface area contributed by atoms with E-state index in [1.54, 1.807) is 18.2 Å². The first-order chi connectivity index (χ1) is 26.5. The van der Waals surface area contributed by atoms with Gasteiger partial charge in [0.2, 0.25) is 11.8 Å². The average Bonchev–Trinajstić information content (AvgIpc) is 3.67. The number of rotatable bonds is 8. The lowest BCUT2D eigenvalue weighted by atomic mass is 9.79. The maximum Gasteiger partial charge on any atom is 0.262 e. The predicted molar refractivity (Wildman–Crippen MR) is 204 cm³/mol. The van der Waals surface area contributed by atoms with Gasteiger partial charge in [-0.05, 0) is 110 Å². The number of imide groups is 2. The Morgan fingerprint density at radius 2 is 1.58 bits per heavy atom. The Labute approximate surface area is 324 Å². The van der Waals surface area contributed by atoms with Crippen LogP contribution in [-0.4, -0.2) is 77.2 Å². The van der Waals surface area contributed by atoms with E-state index < -0.39 is 23.8 Å². The molecule has 1 aliphatic carbocycles. The molecule has 4 heterocycles. The van der Waals surface area contributed by atoms with Crippen molar-refractivity contribution in [3.63, 3.8) is 0 Å². The summed E-state index contributed by atoms with van der Waals surface area (Å²) in [5, 5.41) is 14.9. The molecule has 0 spiro atoms. The molecule has 55 heavy (non-hydrogen) atoms. The van der Waals surface area contributed by atoms with Crippen molar-refractivity contribution in [1.29, 1.82) is 5.26 Å². The molecule has 4 aliphatic heterocycles. The molecule has 1 unspecified atom stereocenters. The number of hydrogen-bond acceptors (Lipinski definition) is 9. The second-order valence-electron chi connectivity index (χ2n) is 15.9. The number of nitrogens with zero attached hydrogens (tertiary/aromatic N) is 4. The normalized spacial score (nSPS) is 23.5. The minimum absolute atomic E-state index is 0.0379. The third-order valence-electron chi connectivity index (χ3n) is 12.0. The van der Waals surface area contributed by atoms with Crippen molar-refractivity contribution in [3.05, 3.63) is 93.0 Å². The summed E-state index contributed by atoms with van der Waals surface area (Å²) in [4.78, 5) is 69.7. The molecule has 8 rings (SSSR count). The maximum atomic E-state index is 13.3. The highest BCUT2D eigenvalue weighted by atomic mass is 35.5. The zero-order valence-corrected chi connectivity index (χ0v) is 31.5. The SMILES string of the molecule is CC1(CN2Cc3cc4c(cc3C2)C(=O)N(C2CCC(=O)NC2=O)C4=O)CCN(c2ccc(C(=O)NC3CCC(Oc4ccc(C#N)c(Cl)c4)CC3)cc2)CC1. The van der Waals surface area contributed by atoms with Crippen LogP contribution in [0.15, 0.2) is 54.6 Å². The Morgan fingerprint density at radius 1 is 0.927 bits per heavy atom. The topological polar surface area (TPSA) is 152 Å². The number of carbonyl (C=O) groups excluding carboxylic acids is 5.